The van der Waals surface area contributed by atoms with E-state index < -0.39 is 38.4 Å². The molecule has 4 heterocycles. The molecule has 0 bridgehead atoms. The quantitative estimate of drug-likeness (QED) is 0.112. The number of benzene rings is 2. The maximum atomic E-state index is 14.2. The number of nitrogens with two attached hydrogens (primary N) is 1. The second kappa shape index (κ2) is 14.9. The molecule has 6 rings (SSSR count). The van der Waals surface area contributed by atoms with E-state index in [1.165, 1.54) is 13.2 Å². The van der Waals surface area contributed by atoms with Gasteiger partial charge in [0.1, 0.15) is 36.3 Å². The van der Waals surface area contributed by atoms with Gasteiger partial charge in [0.2, 0.25) is 11.8 Å². The lowest BCUT2D eigenvalue weighted by Crippen LogP contribution is -2.40. The molecule has 1 fully saturated rings. The molecule has 0 aliphatic carbocycles. The third-order valence-electron chi connectivity index (χ3n) is 8.02. The van der Waals surface area contributed by atoms with Crippen LogP contribution in [-0.4, -0.2) is 56.3 Å². The first-order chi connectivity index (χ1) is 23.6. The van der Waals surface area contributed by atoms with Gasteiger partial charge in [0.15, 0.2) is 11.2 Å². The number of hydrogen-bond donors (Lipinski definition) is 2. The van der Waals surface area contributed by atoms with Gasteiger partial charge in [-0.25, -0.2) is 18.9 Å². The van der Waals surface area contributed by atoms with Gasteiger partial charge in [-0.1, -0.05) is 26.8 Å². The highest BCUT2D eigenvalue weighted by Gasteiger charge is 2.37. The maximum Gasteiger partial charge on any atom is 0.324 e. The summed E-state index contributed by atoms with van der Waals surface area (Å²) in [5, 5.41) is 4.05. The van der Waals surface area contributed by atoms with Crippen LogP contribution in [0.4, 0.5) is 14.7 Å². The number of esters is 1. The average molecular weight is 696 g/mol. The van der Waals surface area contributed by atoms with Gasteiger partial charge in [-0.3, -0.25) is 14.3 Å². The van der Waals surface area contributed by atoms with E-state index in [4.69, 9.17) is 29.0 Å². The third kappa shape index (κ3) is 7.86. The van der Waals surface area contributed by atoms with Crippen LogP contribution in [0.1, 0.15) is 39.0 Å². The Morgan fingerprint density at radius 1 is 1.16 bits per heavy atom. The van der Waals surface area contributed by atoms with Crippen LogP contribution in [0, 0.1) is 23.5 Å². The number of hydrogen-bond acceptors (Lipinski definition) is 12. The molecule has 5 atom stereocenters. The van der Waals surface area contributed by atoms with Gasteiger partial charge >= 0.3 is 14.5 Å². The molecule has 1 aliphatic rings. The van der Waals surface area contributed by atoms with Crippen molar-refractivity contribution in [3.8, 4) is 11.6 Å². The Bertz CT molecular complexity index is 1950. The van der Waals surface area contributed by atoms with E-state index in [0.29, 0.717) is 23.3 Å². The number of carbonyl (C=O) groups excluding carboxylic acids is 1. The summed E-state index contributed by atoms with van der Waals surface area (Å²) in [6.45, 7) is 5.48. The van der Waals surface area contributed by atoms with Gasteiger partial charge in [0.25, 0.3) is 0 Å². The van der Waals surface area contributed by atoms with Crippen LogP contribution in [0.3, 0.4) is 0 Å². The normalized spacial score (nSPS) is 19.0. The van der Waals surface area contributed by atoms with Gasteiger partial charge in [-0.05, 0) is 48.7 Å². The van der Waals surface area contributed by atoms with Crippen molar-refractivity contribution in [3.63, 3.8) is 0 Å². The first-order valence-corrected chi connectivity index (χ1v) is 16.8. The number of nitrogen functional groups attached to an aromatic ring is 1. The number of anilines is 1. The Kier molecular flexibility index (Phi) is 10.4. The molecular weight excluding hydrogens is 659 g/mol. The van der Waals surface area contributed by atoms with Crippen LogP contribution in [0.25, 0.3) is 22.1 Å². The Hall–Kier alpha value is -4.56. The number of methoxy groups -OCH3 is 1. The molecule has 0 radical (unpaired) electrons. The fourth-order valence-electron chi connectivity index (χ4n) is 5.51. The number of ether oxygens (including phenoxy) is 3. The summed E-state index contributed by atoms with van der Waals surface area (Å²) in [4.78, 5) is 30.5. The van der Waals surface area contributed by atoms with Gasteiger partial charge < -0.3 is 29.0 Å². The number of pyridine rings is 1. The molecule has 3 aromatic heterocycles. The van der Waals surface area contributed by atoms with Crippen LogP contribution >= 0.6 is 8.53 Å². The molecule has 5 aromatic rings. The van der Waals surface area contributed by atoms with Crippen molar-refractivity contribution >= 4 is 42.5 Å². The van der Waals surface area contributed by atoms with Crippen LogP contribution in [0.15, 0.2) is 61.1 Å². The second-order valence-electron chi connectivity index (χ2n) is 12.0. The number of nitrogens with one attached hydrogen (secondary N) is 1. The Morgan fingerprint density at radius 3 is 2.78 bits per heavy atom. The smallest absolute Gasteiger partial charge is 0.324 e. The number of rotatable bonds is 13. The van der Waals surface area contributed by atoms with Gasteiger partial charge in [0, 0.05) is 29.1 Å². The Balaban J connectivity index is 1.18. The number of nitrogens with zero attached hydrogens (tertiary/aromatic N) is 5. The molecule has 2 aromatic carbocycles. The van der Waals surface area contributed by atoms with Crippen LogP contribution in [0.2, 0.25) is 0 Å². The number of imidazole rings is 1. The van der Waals surface area contributed by atoms with Crippen molar-refractivity contribution < 1.29 is 36.8 Å². The molecule has 49 heavy (non-hydrogen) atoms. The monoisotopic (exact) mass is 695 g/mol. The third-order valence-corrected chi connectivity index (χ3v) is 9.27. The van der Waals surface area contributed by atoms with Gasteiger partial charge in [0.05, 0.1) is 31.7 Å². The summed E-state index contributed by atoms with van der Waals surface area (Å²) in [7, 11) is -0.462. The molecule has 13 nitrogen and oxygen atoms in total. The minimum Gasteiger partial charge on any atom is -0.479 e. The van der Waals surface area contributed by atoms with E-state index in [-0.39, 0.29) is 48.5 Å². The minimum absolute atomic E-state index is 0.0477. The average Bonchev–Trinajstić information content (AvgIpc) is 3.67. The fourth-order valence-corrected chi connectivity index (χ4v) is 6.93. The van der Waals surface area contributed by atoms with Crippen molar-refractivity contribution in [1.82, 2.24) is 29.6 Å². The van der Waals surface area contributed by atoms with Crippen LogP contribution in [0.5, 0.6) is 11.6 Å². The van der Waals surface area contributed by atoms with Crippen molar-refractivity contribution in [1.29, 1.82) is 0 Å². The molecule has 3 N–H and O–H groups in total. The molecule has 1 saturated heterocycles. The van der Waals surface area contributed by atoms with Crippen molar-refractivity contribution in [3.05, 3.63) is 78.3 Å². The second-order valence-corrected chi connectivity index (χ2v) is 13.2. The van der Waals surface area contributed by atoms with Crippen LogP contribution in [-0.2, 0) is 25.4 Å². The molecular formula is C33H36F2N7O6P. The van der Waals surface area contributed by atoms with E-state index in [1.54, 1.807) is 23.2 Å². The summed E-state index contributed by atoms with van der Waals surface area (Å²) in [6.07, 6.45) is 3.20. The van der Waals surface area contributed by atoms with Crippen molar-refractivity contribution in [2.75, 3.05) is 19.5 Å². The Labute approximate surface area is 282 Å². The van der Waals surface area contributed by atoms with Crippen molar-refractivity contribution in [2.24, 2.45) is 11.8 Å². The van der Waals surface area contributed by atoms with Crippen LogP contribution < -0.4 is 20.1 Å². The fraction of sp³-hybridized carbons (Fsp3) is 0.364. The maximum absolute atomic E-state index is 14.2. The molecule has 4 unspecified atom stereocenters. The molecule has 0 saturated carbocycles. The number of fused-ring (bicyclic) bond motifs is 2. The SMILES string of the molecule is COc1nc(N)nc2c1ncn2C1O[C@H](COP(NC(C(=O)OCc2ccc(F)cc2F)C(C)C)Oc2ccc3ncccc3c2)CC1C. The lowest BCUT2D eigenvalue weighted by Gasteiger charge is -2.27. The topological polar surface area (TPSA) is 158 Å². The summed E-state index contributed by atoms with van der Waals surface area (Å²) < 4.78 is 59.2. The molecule has 16 heteroatoms. The molecule has 1 aliphatic heterocycles. The molecule has 258 valence electrons. The summed E-state index contributed by atoms with van der Waals surface area (Å²) in [5.41, 5.74) is 7.71. The number of carbonyl (C=O) groups is 1. The predicted molar refractivity (Wildman–Crippen MR) is 177 cm³/mol. The highest BCUT2D eigenvalue weighted by Crippen LogP contribution is 2.41. The summed E-state index contributed by atoms with van der Waals surface area (Å²) in [5.74, 6) is -1.56. The Morgan fingerprint density at radius 2 is 2.00 bits per heavy atom. The van der Waals surface area contributed by atoms with E-state index in [9.17, 15) is 13.6 Å². The molecule has 0 amide bonds. The van der Waals surface area contributed by atoms with Gasteiger partial charge in [-0.15, -0.1) is 0 Å². The predicted octanol–water partition coefficient (Wildman–Crippen LogP) is 5.85. The minimum atomic E-state index is -1.95. The lowest BCUT2D eigenvalue weighted by molar-refractivity contribution is -0.148. The first kappa shape index (κ1) is 34.3. The van der Waals surface area contributed by atoms with Crippen molar-refractivity contribution in [2.45, 2.75) is 52.2 Å². The van der Waals surface area contributed by atoms with Gasteiger partial charge in [-0.2, -0.15) is 9.97 Å². The zero-order valence-electron chi connectivity index (χ0n) is 27.2. The molecule has 0 spiro atoms. The summed E-state index contributed by atoms with van der Waals surface area (Å²) in [6, 6.07) is 11.4. The largest absolute Gasteiger partial charge is 0.479 e. The zero-order valence-corrected chi connectivity index (χ0v) is 28.1. The standard InChI is InChI=1S/C33H36F2N7O6P/c1-18(2)27(32(43)45-15-21-7-8-22(34)14-25(21)35)41-49(48-23-9-10-26-20(13-23)6-5-11-37-26)46-16-24-12-19(3)31(47-24)42-17-38-28-29(42)39-33(36)40-30(28)44-4/h5-11,13-14,17-19,24,27,31,41H,12,15-16H2,1-4H3,(H2,36,39,40)/t19?,24-,27?,31?,49?/m0/s1. The first-order valence-electron chi connectivity index (χ1n) is 15.6. The summed E-state index contributed by atoms with van der Waals surface area (Å²) >= 11 is 0. The number of halogens is 2. The zero-order chi connectivity index (χ0) is 34.7. The van der Waals surface area contributed by atoms with E-state index in [2.05, 4.69) is 25.0 Å². The highest BCUT2D eigenvalue weighted by molar-refractivity contribution is 7.45. The van der Waals surface area contributed by atoms with E-state index >= 15 is 0 Å². The highest BCUT2D eigenvalue weighted by atomic mass is 31.2. The number of aromatic nitrogens is 5. The lowest BCUT2D eigenvalue weighted by atomic mass is 10.1. The van der Waals surface area contributed by atoms with E-state index in [1.807, 2.05) is 45.0 Å². The van der Waals surface area contributed by atoms with E-state index in [0.717, 1.165) is 23.0 Å².